The fraction of sp³-hybridized carbons (Fsp3) is 0.250. The van der Waals surface area contributed by atoms with Crippen molar-refractivity contribution in [1.29, 1.82) is 0 Å². The molecule has 2 aliphatic rings. The summed E-state index contributed by atoms with van der Waals surface area (Å²) < 4.78 is 6.17. The number of likely N-dealkylation sites (N-methyl/N-ethyl adjacent to an activating group) is 1. The highest BCUT2D eigenvalue weighted by Gasteiger charge is 2.24. The molecule has 2 aromatic rings. The van der Waals surface area contributed by atoms with Crippen molar-refractivity contribution >= 4 is 22.2 Å². The summed E-state index contributed by atoms with van der Waals surface area (Å²) in [6.07, 6.45) is 6.46. The zero-order valence-electron chi connectivity index (χ0n) is 13.5. The topological polar surface area (TPSA) is 24.8 Å². The molecule has 1 aliphatic carbocycles. The van der Waals surface area contributed by atoms with Gasteiger partial charge in [0.15, 0.2) is 11.5 Å². The van der Waals surface area contributed by atoms with E-state index in [-0.39, 0.29) is 6.04 Å². The molecule has 1 atom stereocenters. The molecular weight excluding hydrogens is 284 g/mol. The molecule has 0 bridgehead atoms. The van der Waals surface area contributed by atoms with E-state index < -0.39 is 0 Å². The molecule has 3 nitrogen and oxygen atoms in total. The maximum Gasteiger partial charge on any atom is 0.153 e. The van der Waals surface area contributed by atoms with Gasteiger partial charge >= 0.3 is 0 Å². The molecule has 0 radical (unpaired) electrons. The van der Waals surface area contributed by atoms with Gasteiger partial charge in [-0.3, -0.25) is 4.90 Å². The second-order valence-corrected chi connectivity index (χ2v) is 5.83. The van der Waals surface area contributed by atoms with Gasteiger partial charge < -0.3 is 4.74 Å². The molecule has 116 valence electrons. The first-order valence-corrected chi connectivity index (χ1v) is 8.23. The highest BCUT2D eigenvalue weighted by atomic mass is 16.5. The number of rotatable bonds is 3. The Kier molecular flexibility index (Phi) is 3.50. The molecule has 1 aliphatic heterocycles. The highest BCUT2D eigenvalue weighted by molar-refractivity contribution is 6.13. The minimum absolute atomic E-state index is 0.279. The second-order valence-electron chi connectivity index (χ2n) is 5.83. The van der Waals surface area contributed by atoms with Crippen molar-refractivity contribution in [1.82, 2.24) is 4.90 Å². The SMILES string of the molecule is CCN(CC)C1C=CC2=Nc3c(ccc4ccccc34)OC2=C1. The van der Waals surface area contributed by atoms with Gasteiger partial charge in [-0.1, -0.05) is 50.3 Å². The summed E-state index contributed by atoms with van der Waals surface area (Å²) in [5.74, 6) is 1.71. The average molecular weight is 304 g/mol. The lowest BCUT2D eigenvalue weighted by Crippen LogP contribution is -2.35. The molecule has 23 heavy (non-hydrogen) atoms. The molecule has 1 heterocycles. The van der Waals surface area contributed by atoms with Crippen LogP contribution in [0.4, 0.5) is 5.69 Å². The van der Waals surface area contributed by atoms with E-state index in [0.717, 1.165) is 41.4 Å². The Labute approximate surface area is 136 Å². The van der Waals surface area contributed by atoms with E-state index in [1.165, 1.54) is 5.39 Å². The number of aliphatic imine (C=N–C) groups is 1. The molecule has 0 saturated carbocycles. The molecule has 4 rings (SSSR count). The van der Waals surface area contributed by atoms with Crippen LogP contribution in [-0.4, -0.2) is 29.7 Å². The number of hydrogen-bond acceptors (Lipinski definition) is 3. The summed E-state index contributed by atoms with van der Waals surface area (Å²) in [5, 5.41) is 2.32. The first kappa shape index (κ1) is 14.2. The van der Waals surface area contributed by atoms with Gasteiger partial charge in [0, 0.05) is 5.39 Å². The van der Waals surface area contributed by atoms with Gasteiger partial charge in [0.25, 0.3) is 0 Å². The van der Waals surface area contributed by atoms with Crippen LogP contribution >= 0.6 is 0 Å². The largest absolute Gasteiger partial charge is 0.453 e. The molecular formula is C20H20N2O. The number of ether oxygens (including phenoxy) is 1. The highest BCUT2D eigenvalue weighted by Crippen LogP contribution is 2.40. The van der Waals surface area contributed by atoms with Gasteiger partial charge in [-0.25, -0.2) is 4.99 Å². The molecule has 0 amide bonds. The van der Waals surface area contributed by atoms with Crippen LogP contribution in [0.1, 0.15) is 13.8 Å². The van der Waals surface area contributed by atoms with E-state index in [0.29, 0.717) is 0 Å². The van der Waals surface area contributed by atoms with Crippen LogP contribution in [-0.2, 0) is 0 Å². The van der Waals surface area contributed by atoms with Gasteiger partial charge in [0.1, 0.15) is 11.4 Å². The van der Waals surface area contributed by atoms with Crippen molar-refractivity contribution in [3.8, 4) is 5.75 Å². The van der Waals surface area contributed by atoms with Crippen molar-refractivity contribution < 1.29 is 4.74 Å². The minimum atomic E-state index is 0.279. The summed E-state index contributed by atoms with van der Waals surface area (Å²) >= 11 is 0. The summed E-state index contributed by atoms with van der Waals surface area (Å²) in [7, 11) is 0. The smallest absolute Gasteiger partial charge is 0.153 e. The van der Waals surface area contributed by atoms with Crippen LogP contribution in [0.2, 0.25) is 0 Å². The Morgan fingerprint density at radius 3 is 2.74 bits per heavy atom. The summed E-state index contributed by atoms with van der Waals surface area (Å²) in [6.45, 7) is 6.40. The monoisotopic (exact) mass is 304 g/mol. The third-order valence-electron chi connectivity index (χ3n) is 4.58. The average Bonchev–Trinajstić information content (AvgIpc) is 2.61. The normalized spacial score (nSPS) is 19.0. The Hall–Kier alpha value is -2.39. The van der Waals surface area contributed by atoms with Crippen molar-refractivity contribution in [3.05, 3.63) is 60.4 Å². The van der Waals surface area contributed by atoms with Crippen LogP contribution in [0.25, 0.3) is 10.8 Å². The van der Waals surface area contributed by atoms with Crippen molar-refractivity contribution in [3.63, 3.8) is 0 Å². The third-order valence-corrected chi connectivity index (χ3v) is 4.58. The molecule has 0 aromatic heterocycles. The molecule has 0 spiro atoms. The van der Waals surface area contributed by atoms with E-state index in [2.05, 4.69) is 55.2 Å². The van der Waals surface area contributed by atoms with Crippen LogP contribution in [0.3, 0.4) is 0 Å². The quantitative estimate of drug-likeness (QED) is 0.836. The first-order chi connectivity index (χ1) is 11.3. The van der Waals surface area contributed by atoms with Crippen molar-refractivity contribution in [2.45, 2.75) is 19.9 Å². The summed E-state index contributed by atoms with van der Waals surface area (Å²) in [6, 6.07) is 12.7. The van der Waals surface area contributed by atoms with E-state index in [4.69, 9.17) is 9.73 Å². The predicted molar refractivity (Wildman–Crippen MR) is 95.6 cm³/mol. The van der Waals surface area contributed by atoms with Gasteiger partial charge in [-0.05, 0) is 36.7 Å². The molecule has 0 saturated heterocycles. The summed E-state index contributed by atoms with van der Waals surface area (Å²) in [4.78, 5) is 7.25. The third kappa shape index (κ3) is 2.37. The molecule has 0 N–H and O–H groups in total. The van der Waals surface area contributed by atoms with Crippen molar-refractivity contribution in [2.75, 3.05) is 13.1 Å². The molecule has 0 fully saturated rings. The minimum Gasteiger partial charge on any atom is -0.453 e. The second kappa shape index (κ2) is 5.67. The lowest BCUT2D eigenvalue weighted by atomic mass is 10.0. The van der Waals surface area contributed by atoms with E-state index in [1.807, 2.05) is 18.2 Å². The number of hydrogen-bond donors (Lipinski definition) is 0. The number of benzene rings is 2. The van der Waals surface area contributed by atoms with E-state index >= 15 is 0 Å². The number of fused-ring (bicyclic) bond motifs is 4. The Morgan fingerprint density at radius 1 is 1.09 bits per heavy atom. The van der Waals surface area contributed by atoms with Crippen LogP contribution < -0.4 is 4.74 Å². The van der Waals surface area contributed by atoms with Gasteiger partial charge in [0.2, 0.25) is 0 Å². The van der Waals surface area contributed by atoms with Gasteiger partial charge in [-0.15, -0.1) is 0 Å². The van der Waals surface area contributed by atoms with Crippen molar-refractivity contribution in [2.24, 2.45) is 4.99 Å². The fourth-order valence-electron chi connectivity index (χ4n) is 3.29. The number of nitrogens with zero attached hydrogens (tertiary/aromatic N) is 2. The zero-order valence-corrected chi connectivity index (χ0v) is 13.5. The van der Waals surface area contributed by atoms with Crippen LogP contribution in [0.5, 0.6) is 5.75 Å². The maximum absolute atomic E-state index is 6.17. The van der Waals surface area contributed by atoms with Gasteiger partial charge in [-0.2, -0.15) is 0 Å². The van der Waals surface area contributed by atoms with Gasteiger partial charge in [0.05, 0.1) is 6.04 Å². The predicted octanol–water partition coefficient (Wildman–Crippen LogP) is 4.47. The summed E-state index contributed by atoms with van der Waals surface area (Å²) in [5.41, 5.74) is 1.85. The standard InChI is InChI=1S/C20H20N2O/c1-3-22(4-2)15-10-11-17-19(13-15)23-18-12-9-14-7-5-6-8-16(14)20(18)21-17/h5-13,15H,3-4H2,1-2H3. The van der Waals surface area contributed by atoms with E-state index in [1.54, 1.807) is 0 Å². The number of allylic oxidation sites excluding steroid dienone is 1. The van der Waals surface area contributed by atoms with Crippen LogP contribution in [0.15, 0.2) is 65.4 Å². The Morgan fingerprint density at radius 2 is 1.91 bits per heavy atom. The molecule has 2 aromatic carbocycles. The Bertz CT molecular complexity index is 844. The van der Waals surface area contributed by atoms with Crippen LogP contribution in [0, 0.1) is 0 Å². The Balaban J connectivity index is 1.78. The molecule has 3 heteroatoms. The first-order valence-electron chi connectivity index (χ1n) is 8.23. The maximum atomic E-state index is 6.17. The zero-order chi connectivity index (χ0) is 15.8. The lowest BCUT2D eigenvalue weighted by Gasteiger charge is -2.29. The fourth-order valence-corrected chi connectivity index (χ4v) is 3.29. The lowest BCUT2D eigenvalue weighted by molar-refractivity contribution is 0.283. The molecule has 1 unspecified atom stereocenters. The van der Waals surface area contributed by atoms with E-state index in [9.17, 15) is 0 Å².